The van der Waals surface area contributed by atoms with Crippen molar-refractivity contribution < 1.29 is 14.3 Å². The summed E-state index contributed by atoms with van der Waals surface area (Å²) >= 11 is 0. The zero-order chi connectivity index (χ0) is 25.9. The molecule has 0 atom stereocenters. The van der Waals surface area contributed by atoms with Gasteiger partial charge in [-0.25, -0.2) is 0 Å². The van der Waals surface area contributed by atoms with Crippen LogP contribution in [0.1, 0.15) is 48.3 Å². The topological polar surface area (TPSA) is 49.9 Å². The highest BCUT2D eigenvalue weighted by molar-refractivity contribution is 5.92. The molecule has 0 spiro atoms. The number of carbonyl (C=O) groups is 2. The number of ether oxygens (including phenoxy) is 1. The minimum absolute atomic E-state index is 0.0178. The Kier molecular flexibility index (Phi) is 9.53. The average molecular weight is 497 g/mol. The first-order valence-corrected chi connectivity index (χ1v) is 13.1. The normalized spacial score (nSPS) is 13.8. The zero-order valence-electron chi connectivity index (χ0n) is 21.6. The molecule has 0 saturated carbocycles. The summed E-state index contributed by atoms with van der Waals surface area (Å²) in [5, 5.41) is 0. The first kappa shape index (κ1) is 26.2. The monoisotopic (exact) mass is 496 g/mol. The summed E-state index contributed by atoms with van der Waals surface area (Å²) in [6.45, 7) is 2.33. The van der Waals surface area contributed by atoms with E-state index in [2.05, 4.69) is 60.7 Å². The summed E-state index contributed by atoms with van der Waals surface area (Å²) in [6.07, 6.45) is 6.87. The number of unbranched alkanes of at least 4 members (excludes halogenated alkanes) is 1. The average Bonchev–Trinajstić information content (AvgIpc) is 2.97. The van der Waals surface area contributed by atoms with Gasteiger partial charge in [-0.05, 0) is 47.7 Å². The van der Waals surface area contributed by atoms with E-state index in [1.165, 1.54) is 11.1 Å². The predicted octanol–water partition coefficient (Wildman–Crippen LogP) is 5.77. The van der Waals surface area contributed by atoms with Crippen LogP contribution < -0.4 is 4.74 Å². The van der Waals surface area contributed by atoms with Crippen LogP contribution in [0.5, 0.6) is 5.75 Å². The van der Waals surface area contributed by atoms with Crippen LogP contribution in [0, 0.1) is 0 Å². The van der Waals surface area contributed by atoms with Crippen LogP contribution in [-0.2, 0) is 9.59 Å². The van der Waals surface area contributed by atoms with Gasteiger partial charge in [-0.3, -0.25) is 9.59 Å². The van der Waals surface area contributed by atoms with Crippen LogP contribution in [0.15, 0.2) is 91.0 Å². The van der Waals surface area contributed by atoms with E-state index in [4.69, 9.17) is 4.74 Å². The molecule has 0 N–H and O–H groups in total. The van der Waals surface area contributed by atoms with E-state index >= 15 is 0 Å². The Morgan fingerprint density at radius 3 is 1.92 bits per heavy atom. The van der Waals surface area contributed by atoms with E-state index in [1.807, 2.05) is 40.1 Å². The third-order valence-corrected chi connectivity index (χ3v) is 7.02. The Balaban J connectivity index is 1.20. The summed E-state index contributed by atoms with van der Waals surface area (Å²) in [5.74, 6) is 1.31. The highest BCUT2D eigenvalue weighted by atomic mass is 16.5. The van der Waals surface area contributed by atoms with Gasteiger partial charge in [0.25, 0.3) is 0 Å². The number of piperazine rings is 1. The van der Waals surface area contributed by atoms with E-state index in [-0.39, 0.29) is 11.8 Å². The molecule has 1 aliphatic rings. The van der Waals surface area contributed by atoms with Gasteiger partial charge in [-0.2, -0.15) is 0 Å². The van der Waals surface area contributed by atoms with Gasteiger partial charge in [0.05, 0.1) is 7.11 Å². The van der Waals surface area contributed by atoms with Crippen molar-refractivity contribution in [3.8, 4) is 5.75 Å². The lowest BCUT2D eigenvalue weighted by molar-refractivity contribution is -0.137. The Bertz CT molecular complexity index is 1110. The van der Waals surface area contributed by atoms with Crippen molar-refractivity contribution in [1.29, 1.82) is 0 Å². The van der Waals surface area contributed by atoms with E-state index < -0.39 is 0 Å². The SMILES string of the molecule is COc1ccc(/C=C/C(=O)N2CCN(C(=O)CCCCC(c3ccccc3)c3ccccc3)CC2)cc1. The molecular formula is C32H36N2O3. The second-order valence-electron chi connectivity index (χ2n) is 9.43. The molecule has 1 heterocycles. The van der Waals surface area contributed by atoms with Gasteiger partial charge in [0, 0.05) is 44.6 Å². The first-order chi connectivity index (χ1) is 18.1. The smallest absolute Gasteiger partial charge is 0.246 e. The third-order valence-electron chi connectivity index (χ3n) is 7.02. The molecule has 0 unspecified atom stereocenters. The molecular weight excluding hydrogens is 460 g/mol. The summed E-state index contributed by atoms with van der Waals surface area (Å²) in [7, 11) is 1.63. The Hall–Kier alpha value is -3.86. The molecule has 192 valence electrons. The molecule has 4 rings (SSSR count). The molecule has 2 amide bonds. The predicted molar refractivity (Wildman–Crippen MR) is 148 cm³/mol. The fraction of sp³-hybridized carbons (Fsp3) is 0.312. The maximum Gasteiger partial charge on any atom is 0.246 e. The molecule has 1 saturated heterocycles. The quantitative estimate of drug-likeness (QED) is 0.264. The molecule has 37 heavy (non-hydrogen) atoms. The van der Waals surface area contributed by atoms with E-state index in [0.717, 1.165) is 30.6 Å². The first-order valence-electron chi connectivity index (χ1n) is 13.1. The Morgan fingerprint density at radius 2 is 1.35 bits per heavy atom. The van der Waals surface area contributed by atoms with Crippen molar-refractivity contribution >= 4 is 17.9 Å². The van der Waals surface area contributed by atoms with Crippen LogP contribution in [0.25, 0.3) is 6.08 Å². The molecule has 3 aromatic carbocycles. The summed E-state index contributed by atoms with van der Waals surface area (Å²) in [4.78, 5) is 29.1. The zero-order valence-corrected chi connectivity index (χ0v) is 21.6. The van der Waals surface area contributed by atoms with Crippen LogP contribution in [0.3, 0.4) is 0 Å². The molecule has 0 radical (unpaired) electrons. The van der Waals surface area contributed by atoms with Gasteiger partial charge >= 0.3 is 0 Å². The molecule has 0 bridgehead atoms. The molecule has 1 fully saturated rings. The maximum absolute atomic E-state index is 12.8. The maximum atomic E-state index is 12.8. The van der Waals surface area contributed by atoms with Crippen molar-refractivity contribution in [2.45, 2.75) is 31.6 Å². The van der Waals surface area contributed by atoms with Crippen LogP contribution in [0.4, 0.5) is 0 Å². The molecule has 0 aromatic heterocycles. The molecule has 1 aliphatic heterocycles. The van der Waals surface area contributed by atoms with Gasteiger partial charge in [0.2, 0.25) is 11.8 Å². The number of amides is 2. The fourth-order valence-corrected chi connectivity index (χ4v) is 4.84. The number of rotatable bonds is 10. The lowest BCUT2D eigenvalue weighted by atomic mass is 9.87. The second-order valence-corrected chi connectivity index (χ2v) is 9.43. The van der Waals surface area contributed by atoms with Crippen molar-refractivity contribution in [3.05, 3.63) is 108 Å². The number of carbonyl (C=O) groups excluding carboxylic acids is 2. The molecule has 0 aliphatic carbocycles. The number of nitrogens with zero attached hydrogens (tertiary/aromatic N) is 2. The van der Waals surface area contributed by atoms with E-state index in [9.17, 15) is 9.59 Å². The Morgan fingerprint density at radius 1 is 0.784 bits per heavy atom. The van der Waals surface area contributed by atoms with Crippen molar-refractivity contribution in [2.75, 3.05) is 33.3 Å². The van der Waals surface area contributed by atoms with Gasteiger partial charge < -0.3 is 14.5 Å². The number of hydrogen-bond acceptors (Lipinski definition) is 3. The standard InChI is InChI=1S/C32H36N2O3/c1-37-29-19-16-26(17-20-29)18-21-32(36)34-24-22-33(23-25-34)31(35)15-9-8-14-30(27-10-4-2-5-11-27)28-12-6-3-7-13-28/h2-7,10-13,16-21,30H,8-9,14-15,22-25H2,1H3/b21-18+. The highest BCUT2D eigenvalue weighted by Crippen LogP contribution is 2.29. The fourth-order valence-electron chi connectivity index (χ4n) is 4.84. The minimum Gasteiger partial charge on any atom is -0.497 e. The van der Waals surface area contributed by atoms with Gasteiger partial charge in [-0.1, -0.05) is 79.2 Å². The highest BCUT2D eigenvalue weighted by Gasteiger charge is 2.23. The summed E-state index contributed by atoms with van der Waals surface area (Å²) in [6, 6.07) is 28.8. The lowest BCUT2D eigenvalue weighted by Gasteiger charge is -2.34. The number of hydrogen-bond donors (Lipinski definition) is 0. The van der Waals surface area contributed by atoms with Gasteiger partial charge in [0.1, 0.15) is 5.75 Å². The van der Waals surface area contributed by atoms with Gasteiger partial charge in [0.15, 0.2) is 0 Å². The Labute approximate surface area is 220 Å². The second kappa shape index (κ2) is 13.4. The van der Waals surface area contributed by atoms with Crippen molar-refractivity contribution in [3.63, 3.8) is 0 Å². The third kappa shape index (κ3) is 7.56. The van der Waals surface area contributed by atoms with Crippen molar-refractivity contribution in [1.82, 2.24) is 9.80 Å². The van der Waals surface area contributed by atoms with Crippen LogP contribution in [0.2, 0.25) is 0 Å². The summed E-state index contributed by atoms with van der Waals surface area (Å²) in [5.41, 5.74) is 3.59. The molecule has 5 nitrogen and oxygen atoms in total. The number of methoxy groups -OCH3 is 1. The van der Waals surface area contributed by atoms with E-state index in [0.29, 0.717) is 38.5 Å². The van der Waals surface area contributed by atoms with Crippen LogP contribution in [-0.4, -0.2) is 54.9 Å². The van der Waals surface area contributed by atoms with Gasteiger partial charge in [-0.15, -0.1) is 0 Å². The van der Waals surface area contributed by atoms with Crippen molar-refractivity contribution in [2.24, 2.45) is 0 Å². The molecule has 3 aromatic rings. The largest absolute Gasteiger partial charge is 0.497 e. The van der Waals surface area contributed by atoms with Crippen LogP contribution >= 0.6 is 0 Å². The van der Waals surface area contributed by atoms with E-state index in [1.54, 1.807) is 13.2 Å². The number of benzene rings is 3. The summed E-state index contributed by atoms with van der Waals surface area (Å²) < 4.78 is 5.17. The molecule has 5 heteroatoms. The lowest BCUT2D eigenvalue weighted by Crippen LogP contribution is -2.50. The minimum atomic E-state index is -0.0178.